The number of methoxy groups -OCH3 is 1. The predicted octanol–water partition coefficient (Wildman–Crippen LogP) is 4.90. The number of piperazine rings is 1. The second-order valence-electron chi connectivity index (χ2n) is 10.9. The number of hydrogen-bond acceptors (Lipinski definition) is 6. The first-order valence-corrected chi connectivity index (χ1v) is 15.1. The summed E-state index contributed by atoms with van der Waals surface area (Å²) in [5.74, 6) is 0.846. The predicted molar refractivity (Wildman–Crippen MR) is 140 cm³/mol. The van der Waals surface area contributed by atoms with Crippen LogP contribution in [-0.4, -0.2) is 65.8 Å². The molecular weight excluding hydrogens is 447 g/mol. The van der Waals surface area contributed by atoms with Crippen molar-refractivity contribution in [3.63, 3.8) is 0 Å². The maximum absolute atomic E-state index is 15.4. The molecule has 2 aromatic rings. The maximum atomic E-state index is 15.4. The summed E-state index contributed by atoms with van der Waals surface area (Å²) < 4.78 is 27.0. The molecule has 1 aromatic heterocycles. The lowest BCUT2D eigenvalue weighted by Gasteiger charge is -2.40. The molecule has 0 unspecified atom stereocenters. The van der Waals surface area contributed by atoms with Crippen LogP contribution < -0.4 is 14.7 Å². The van der Waals surface area contributed by atoms with E-state index in [1.54, 1.807) is 7.11 Å². The Morgan fingerprint density at radius 1 is 1.00 bits per heavy atom. The fourth-order valence-electron chi connectivity index (χ4n) is 4.13. The zero-order valence-corrected chi connectivity index (χ0v) is 22.5. The van der Waals surface area contributed by atoms with Gasteiger partial charge in [-0.05, 0) is 36.3 Å². The Balaban J connectivity index is 1.35. The van der Waals surface area contributed by atoms with E-state index in [-0.39, 0.29) is 10.9 Å². The number of nitrogens with zero attached hydrogens (tertiary/aromatic N) is 4. The molecule has 4 rings (SSSR count). The van der Waals surface area contributed by atoms with Gasteiger partial charge in [0.25, 0.3) is 0 Å². The first-order valence-electron chi connectivity index (χ1n) is 12.2. The molecule has 0 radical (unpaired) electrons. The van der Waals surface area contributed by atoms with Crippen molar-refractivity contribution in [1.82, 2.24) is 4.98 Å². The molecule has 1 aromatic carbocycles. The second kappa shape index (κ2) is 9.83. The highest BCUT2D eigenvalue weighted by Gasteiger charge is 2.37. The Hall–Kier alpha value is -2.16. The zero-order valence-electron chi connectivity index (χ0n) is 21.5. The third-order valence-corrected chi connectivity index (χ3v) is 12.2. The van der Waals surface area contributed by atoms with Crippen LogP contribution >= 0.6 is 0 Å². The van der Waals surface area contributed by atoms with E-state index < -0.39 is 8.32 Å². The van der Waals surface area contributed by atoms with Gasteiger partial charge in [-0.1, -0.05) is 32.9 Å². The molecule has 0 spiro atoms. The molecule has 8 heteroatoms. The summed E-state index contributed by atoms with van der Waals surface area (Å²) in [6, 6.07) is 9.90. The van der Waals surface area contributed by atoms with Crippen molar-refractivity contribution in [1.29, 1.82) is 0 Å². The van der Waals surface area contributed by atoms with Crippen molar-refractivity contribution >= 4 is 25.5 Å². The second-order valence-corrected chi connectivity index (χ2v) is 15.7. The maximum Gasteiger partial charge on any atom is 0.192 e. The summed E-state index contributed by atoms with van der Waals surface area (Å²) in [5.41, 5.74) is 2.44. The van der Waals surface area contributed by atoms with Crippen LogP contribution in [0.25, 0.3) is 0 Å². The SMILES string of the molecule is COC1CN(c2ccc(N3CCN(c4cccc(CO[Si](C)(C)C(C)(C)C)c4F)CC3)cn2)C1. The fraction of sp³-hybridized carbons (Fsp3) is 0.577. The van der Waals surface area contributed by atoms with E-state index in [0.717, 1.165) is 50.8 Å². The van der Waals surface area contributed by atoms with Gasteiger partial charge in [0.15, 0.2) is 14.1 Å². The topological polar surface area (TPSA) is 41.1 Å². The van der Waals surface area contributed by atoms with Crippen LogP contribution in [0.2, 0.25) is 18.1 Å². The van der Waals surface area contributed by atoms with Crippen molar-refractivity contribution in [2.24, 2.45) is 0 Å². The monoisotopic (exact) mass is 486 g/mol. The Morgan fingerprint density at radius 2 is 1.68 bits per heavy atom. The van der Waals surface area contributed by atoms with Crippen molar-refractivity contribution in [3.8, 4) is 0 Å². The number of benzene rings is 1. The third kappa shape index (κ3) is 5.24. The van der Waals surface area contributed by atoms with Crippen LogP contribution in [0.3, 0.4) is 0 Å². The zero-order chi connectivity index (χ0) is 24.5. The lowest BCUT2D eigenvalue weighted by Crippen LogP contribution is -2.52. The van der Waals surface area contributed by atoms with E-state index in [9.17, 15) is 0 Å². The minimum Gasteiger partial charge on any atom is -0.412 e. The summed E-state index contributed by atoms with van der Waals surface area (Å²) in [4.78, 5) is 11.3. The molecule has 3 heterocycles. The average Bonchev–Trinajstić information content (AvgIpc) is 2.78. The van der Waals surface area contributed by atoms with Gasteiger partial charge in [-0.25, -0.2) is 9.37 Å². The van der Waals surface area contributed by atoms with Crippen molar-refractivity contribution in [2.75, 3.05) is 61.1 Å². The summed E-state index contributed by atoms with van der Waals surface area (Å²) in [7, 11) is -0.178. The number of halogens is 1. The van der Waals surface area contributed by atoms with Gasteiger partial charge in [0.05, 0.1) is 30.3 Å². The van der Waals surface area contributed by atoms with Crippen molar-refractivity contribution < 1.29 is 13.6 Å². The highest BCUT2D eigenvalue weighted by Crippen LogP contribution is 2.37. The first-order chi connectivity index (χ1) is 16.1. The summed E-state index contributed by atoms with van der Waals surface area (Å²) in [6.07, 6.45) is 2.26. The Bertz CT molecular complexity index is 966. The van der Waals surface area contributed by atoms with E-state index in [1.165, 1.54) is 0 Å². The molecule has 0 bridgehead atoms. The number of anilines is 3. The minimum atomic E-state index is -1.93. The molecule has 6 nitrogen and oxygen atoms in total. The number of hydrogen-bond donors (Lipinski definition) is 0. The molecule has 2 aliphatic heterocycles. The van der Waals surface area contributed by atoms with Gasteiger partial charge in [-0.15, -0.1) is 0 Å². The average molecular weight is 487 g/mol. The highest BCUT2D eigenvalue weighted by molar-refractivity contribution is 6.74. The number of rotatable bonds is 7. The van der Waals surface area contributed by atoms with Crippen LogP contribution in [0.5, 0.6) is 0 Å². The molecule has 2 aliphatic rings. The van der Waals surface area contributed by atoms with Gasteiger partial charge < -0.3 is 23.9 Å². The van der Waals surface area contributed by atoms with E-state index >= 15 is 4.39 Å². The number of ether oxygens (including phenoxy) is 1. The van der Waals surface area contributed by atoms with E-state index in [1.807, 2.05) is 24.4 Å². The van der Waals surface area contributed by atoms with Gasteiger partial charge in [0.2, 0.25) is 0 Å². The van der Waals surface area contributed by atoms with Gasteiger partial charge in [-0.2, -0.15) is 0 Å². The number of aromatic nitrogens is 1. The van der Waals surface area contributed by atoms with Crippen molar-refractivity contribution in [3.05, 3.63) is 47.9 Å². The van der Waals surface area contributed by atoms with E-state index in [4.69, 9.17) is 9.16 Å². The quantitative estimate of drug-likeness (QED) is 0.519. The minimum absolute atomic E-state index is 0.103. The van der Waals surface area contributed by atoms with Gasteiger partial charge in [-0.3, -0.25) is 0 Å². The Morgan fingerprint density at radius 3 is 2.26 bits per heavy atom. The molecule has 0 amide bonds. The van der Waals surface area contributed by atoms with Gasteiger partial charge in [0.1, 0.15) is 5.82 Å². The molecule has 2 saturated heterocycles. The lowest BCUT2D eigenvalue weighted by atomic mass is 10.1. The Kier molecular flexibility index (Phi) is 7.21. The molecule has 186 valence electrons. The Labute approximate surface area is 204 Å². The standard InChI is InChI=1S/C26H39FN4O2Si/c1-26(2,3)34(5,6)33-19-20-8-7-9-23(25(20)27)30-14-12-29(13-15-30)21-10-11-24(28-16-21)31-17-22(18-31)32-4/h7-11,16,22H,12-15,17-19H2,1-6H3. The summed E-state index contributed by atoms with van der Waals surface area (Å²) >= 11 is 0. The smallest absolute Gasteiger partial charge is 0.192 e. The van der Waals surface area contributed by atoms with Crippen LogP contribution in [-0.2, 0) is 15.8 Å². The molecule has 0 saturated carbocycles. The number of pyridine rings is 1. The van der Waals surface area contributed by atoms with Crippen molar-refractivity contribution in [2.45, 2.75) is 51.6 Å². The molecule has 34 heavy (non-hydrogen) atoms. The van der Waals surface area contributed by atoms with Crippen LogP contribution in [0, 0.1) is 5.82 Å². The summed E-state index contributed by atoms with van der Waals surface area (Å²) in [6.45, 7) is 16.4. The lowest BCUT2D eigenvalue weighted by molar-refractivity contribution is 0.0783. The van der Waals surface area contributed by atoms with E-state index in [2.05, 4.69) is 65.7 Å². The summed E-state index contributed by atoms with van der Waals surface area (Å²) in [5, 5.41) is 0.103. The fourth-order valence-corrected chi connectivity index (χ4v) is 5.08. The van der Waals surface area contributed by atoms with Gasteiger partial charge >= 0.3 is 0 Å². The normalized spacial score (nSPS) is 17.8. The molecule has 2 fully saturated rings. The van der Waals surface area contributed by atoms with Crippen LogP contribution in [0.1, 0.15) is 26.3 Å². The highest BCUT2D eigenvalue weighted by atomic mass is 28.4. The van der Waals surface area contributed by atoms with Crippen LogP contribution in [0.15, 0.2) is 36.5 Å². The molecule has 0 atom stereocenters. The van der Waals surface area contributed by atoms with Crippen LogP contribution in [0.4, 0.5) is 21.6 Å². The van der Waals surface area contributed by atoms with Gasteiger partial charge in [0, 0.05) is 51.9 Å². The molecular formula is C26H39FN4O2Si. The van der Waals surface area contributed by atoms with E-state index in [0.29, 0.717) is 24.0 Å². The molecule has 0 aliphatic carbocycles. The first kappa shape index (κ1) is 24.9. The molecule has 0 N–H and O–H groups in total. The largest absolute Gasteiger partial charge is 0.412 e. The third-order valence-electron chi connectivity index (χ3n) is 7.68.